The summed E-state index contributed by atoms with van der Waals surface area (Å²) >= 11 is 0. The summed E-state index contributed by atoms with van der Waals surface area (Å²) in [5, 5.41) is 3.26. The van der Waals surface area contributed by atoms with E-state index in [1.54, 1.807) is 12.1 Å². The van der Waals surface area contributed by atoms with Crippen LogP contribution in [0.3, 0.4) is 0 Å². The van der Waals surface area contributed by atoms with Gasteiger partial charge in [0.2, 0.25) is 0 Å². The molecular weight excluding hydrogens is 189 g/mol. The molecule has 0 atom stereocenters. The molecule has 0 aromatic heterocycles. The molecule has 1 rings (SSSR count). The van der Waals surface area contributed by atoms with Crippen molar-refractivity contribution in [1.82, 2.24) is 5.32 Å². The number of halogens is 1. The molecule has 84 valence electrons. The van der Waals surface area contributed by atoms with E-state index in [0.717, 1.165) is 17.7 Å². The number of rotatable bonds is 6. The van der Waals surface area contributed by atoms with Crippen LogP contribution in [0.2, 0.25) is 0 Å². The Morgan fingerprint density at radius 1 is 1.27 bits per heavy atom. The molecule has 0 bridgehead atoms. The second kappa shape index (κ2) is 6.57. The number of hydrogen-bond acceptors (Lipinski definition) is 1. The second-order valence-electron chi connectivity index (χ2n) is 3.98. The molecule has 0 spiro atoms. The Kier molecular flexibility index (Phi) is 5.33. The molecule has 0 saturated carbocycles. The van der Waals surface area contributed by atoms with Crippen molar-refractivity contribution in [3.63, 3.8) is 0 Å². The minimum Gasteiger partial charge on any atom is -0.313 e. The Balaban J connectivity index is 2.33. The average molecular weight is 209 g/mol. The fourth-order valence-corrected chi connectivity index (χ4v) is 1.56. The minimum absolute atomic E-state index is 0.108. The fourth-order valence-electron chi connectivity index (χ4n) is 1.56. The van der Waals surface area contributed by atoms with Crippen LogP contribution in [0.15, 0.2) is 18.2 Å². The van der Waals surface area contributed by atoms with E-state index in [9.17, 15) is 4.39 Å². The number of nitrogens with one attached hydrogen (secondary N) is 1. The van der Waals surface area contributed by atoms with Gasteiger partial charge in [-0.1, -0.05) is 37.5 Å². The quantitative estimate of drug-likeness (QED) is 0.708. The molecule has 0 aliphatic rings. The van der Waals surface area contributed by atoms with Crippen LogP contribution in [0.5, 0.6) is 0 Å². The van der Waals surface area contributed by atoms with Crippen LogP contribution in [0, 0.1) is 12.7 Å². The molecule has 0 aliphatic heterocycles. The lowest BCUT2D eigenvalue weighted by Crippen LogP contribution is -2.15. The van der Waals surface area contributed by atoms with E-state index < -0.39 is 0 Å². The molecule has 0 fully saturated rings. The molecule has 1 nitrogen and oxygen atoms in total. The SMILES string of the molecule is CCCCCNCc1cc(C)ccc1F. The number of benzene rings is 1. The van der Waals surface area contributed by atoms with Crippen molar-refractivity contribution in [1.29, 1.82) is 0 Å². The molecular formula is C13H20FN. The van der Waals surface area contributed by atoms with Crippen molar-refractivity contribution in [3.8, 4) is 0 Å². The van der Waals surface area contributed by atoms with E-state index in [4.69, 9.17) is 0 Å². The van der Waals surface area contributed by atoms with Gasteiger partial charge in [-0.2, -0.15) is 0 Å². The maximum Gasteiger partial charge on any atom is 0.127 e. The summed E-state index contributed by atoms with van der Waals surface area (Å²) in [5.41, 5.74) is 1.88. The fraction of sp³-hybridized carbons (Fsp3) is 0.538. The van der Waals surface area contributed by atoms with Crippen LogP contribution in [0.1, 0.15) is 37.3 Å². The lowest BCUT2D eigenvalue weighted by Gasteiger charge is -2.06. The topological polar surface area (TPSA) is 12.0 Å². The first-order chi connectivity index (χ1) is 7.24. The number of unbranched alkanes of at least 4 members (excludes halogenated alkanes) is 2. The van der Waals surface area contributed by atoms with E-state index >= 15 is 0 Å². The Morgan fingerprint density at radius 3 is 2.80 bits per heavy atom. The van der Waals surface area contributed by atoms with Gasteiger partial charge in [0, 0.05) is 12.1 Å². The van der Waals surface area contributed by atoms with Gasteiger partial charge in [-0.05, 0) is 26.0 Å². The maximum absolute atomic E-state index is 13.3. The third-order valence-electron chi connectivity index (χ3n) is 2.47. The minimum atomic E-state index is -0.108. The van der Waals surface area contributed by atoms with Crippen molar-refractivity contribution in [2.75, 3.05) is 6.54 Å². The molecule has 0 aliphatic carbocycles. The van der Waals surface area contributed by atoms with E-state index in [1.807, 2.05) is 13.0 Å². The first-order valence-electron chi connectivity index (χ1n) is 5.69. The monoisotopic (exact) mass is 209 g/mol. The number of aryl methyl sites for hydroxylation is 1. The Hall–Kier alpha value is -0.890. The molecule has 1 aromatic carbocycles. The molecule has 1 N–H and O–H groups in total. The average Bonchev–Trinajstić information content (AvgIpc) is 2.23. The van der Waals surface area contributed by atoms with Gasteiger partial charge in [0.05, 0.1) is 0 Å². The highest BCUT2D eigenvalue weighted by atomic mass is 19.1. The summed E-state index contributed by atoms with van der Waals surface area (Å²) in [7, 11) is 0. The molecule has 2 heteroatoms. The van der Waals surface area contributed by atoms with Gasteiger partial charge in [0.1, 0.15) is 5.82 Å². The lowest BCUT2D eigenvalue weighted by molar-refractivity contribution is 0.573. The second-order valence-corrected chi connectivity index (χ2v) is 3.98. The van der Waals surface area contributed by atoms with Crippen LogP contribution < -0.4 is 5.32 Å². The molecule has 1 aromatic rings. The summed E-state index contributed by atoms with van der Waals surface area (Å²) in [6, 6.07) is 5.25. The van der Waals surface area contributed by atoms with Gasteiger partial charge in [-0.3, -0.25) is 0 Å². The highest BCUT2D eigenvalue weighted by Crippen LogP contribution is 2.09. The van der Waals surface area contributed by atoms with Gasteiger partial charge in [0.15, 0.2) is 0 Å². The van der Waals surface area contributed by atoms with E-state index in [0.29, 0.717) is 6.54 Å². The normalized spacial score (nSPS) is 10.6. The highest BCUT2D eigenvalue weighted by molar-refractivity contribution is 5.23. The highest BCUT2D eigenvalue weighted by Gasteiger charge is 2.00. The molecule has 0 heterocycles. The van der Waals surface area contributed by atoms with Gasteiger partial charge < -0.3 is 5.32 Å². The summed E-state index contributed by atoms with van der Waals surface area (Å²) in [5.74, 6) is -0.108. The zero-order valence-electron chi connectivity index (χ0n) is 9.65. The Morgan fingerprint density at radius 2 is 2.07 bits per heavy atom. The van der Waals surface area contributed by atoms with Gasteiger partial charge in [0.25, 0.3) is 0 Å². The largest absolute Gasteiger partial charge is 0.313 e. The van der Waals surface area contributed by atoms with E-state index in [2.05, 4.69) is 12.2 Å². The van der Waals surface area contributed by atoms with Gasteiger partial charge in [-0.25, -0.2) is 4.39 Å². The Bertz CT molecular complexity index is 297. The first-order valence-corrected chi connectivity index (χ1v) is 5.69. The predicted octanol–water partition coefficient (Wildman–Crippen LogP) is 3.41. The van der Waals surface area contributed by atoms with Crippen molar-refractivity contribution < 1.29 is 4.39 Å². The van der Waals surface area contributed by atoms with Crippen molar-refractivity contribution in [2.45, 2.75) is 39.7 Å². The van der Waals surface area contributed by atoms with Crippen LogP contribution in [0.25, 0.3) is 0 Å². The van der Waals surface area contributed by atoms with E-state index in [-0.39, 0.29) is 5.82 Å². The third-order valence-corrected chi connectivity index (χ3v) is 2.47. The van der Waals surface area contributed by atoms with Crippen LogP contribution in [-0.2, 0) is 6.54 Å². The zero-order valence-corrected chi connectivity index (χ0v) is 9.65. The van der Waals surface area contributed by atoms with Crippen molar-refractivity contribution >= 4 is 0 Å². The van der Waals surface area contributed by atoms with Crippen LogP contribution in [0.4, 0.5) is 4.39 Å². The lowest BCUT2D eigenvalue weighted by atomic mass is 10.1. The predicted molar refractivity (Wildman–Crippen MR) is 62.4 cm³/mol. The first kappa shape index (κ1) is 12.2. The molecule has 0 amide bonds. The third kappa shape index (κ3) is 4.43. The van der Waals surface area contributed by atoms with Crippen molar-refractivity contribution in [2.24, 2.45) is 0 Å². The Labute approximate surface area is 91.7 Å². The van der Waals surface area contributed by atoms with Crippen molar-refractivity contribution in [3.05, 3.63) is 35.1 Å². The standard InChI is InChI=1S/C13H20FN/c1-3-4-5-8-15-10-12-9-11(2)6-7-13(12)14/h6-7,9,15H,3-5,8,10H2,1-2H3. The summed E-state index contributed by atoms with van der Waals surface area (Å²) in [6.07, 6.45) is 3.63. The van der Waals surface area contributed by atoms with E-state index in [1.165, 1.54) is 19.3 Å². The summed E-state index contributed by atoms with van der Waals surface area (Å²) in [6.45, 7) is 5.78. The van der Waals surface area contributed by atoms with Gasteiger partial charge in [-0.15, -0.1) is 0 Å². The molecule has 0 saturated heterocycles. The summed E-state index contributed by atoms with van der Waals surface area (Å²) < 4.78 is 13.3. The smallest absolute Gasteiger partial charge is 0.127 e. The number of hydrogen-bond donors (Lipinski definition) is 1. The van der Waals surface area contributed by atoms with Crippen LogP contribution >= 0.6 is 0 Å². The molecule has 15 heavy (non-hydrogen) atoms. The molecule has 0 unspecified atom stereocenters. The van der Waals surface area contributed by atoms with Gasteiger partial charge >= 0.3 is 0 Å². The summed E-state index contributed by atoms with van der Waals surface area (Å²) in [4.78, 5) is 0. The molecule has 0 radical (unpaired) electrons. The maximum atomic E-state index is 13.3. The zero-order chi connectivity index (χ0) is 11.1. The van der Waals surface area contributed by atoms with Crippen LogP contribution in [-0.4, -0.2) is 6.54 Å².